The summed E-state index contributed by atoms with van der Waals surface area (Å²) in [6.07, 6.45) is -0.290. The van der Waals surface area contributed by atoms with Crippen molar-refractivity contribution >= 4 is 11.9 Å². The summed E-state index contributed by atoms with van der Waals surface area (Å²) in [7, 11) is 0. The van der Waals surface area contributed by atoms with E-state index < -0.39 is 23.5 Å². The summed E-state index contributed by atoms with van der Waals surface area (Å²) in [5.41, 5.74) is -0.0643. The first kappa shape index (κ1) is 19.2. The molecule has 1 atom stereocenters. The van der Waals surface area contributed by atoms with Crippen LogP contribution in [0.4, 0.5) is 0 Å². The maximum atomic E-state index is 12.4. The highest BCUT2D eigenvalue weighted by Gasteiger charge is 2.42. The molecular formula is C19H27NO5. The van der Waals surface area contributed by atoms with Gasteiger partial charge in [-0.05, 0) is 30.0 Å². The predicted molar refractivity (Wildman–Crippen MR) is 93.8 cm³/mol. The molecule has 0 bridgehead atoms. The van der Waals surface area contributed by atoms with E-state index in [9.17, 15) is 14.7 Å². The third kappa shape index (κ3) is 4.72. The van der Waals surface area contributed by atoms with Crippen molar-refractivity contribution in [1.29, 1.82) is 0 Å². The summed E-state index contributed by atoms with van der Waals surface area (Å²) in [6.45, 7) is 8.61. The Hall–Kier alpha value is -2.08. The number of carbonyl (C=O) groups is 2. The van der Waals surface area contributed by atoms with E-state index in [0.29, 0.717) is 19.0 Å². The van der Waals surface area contributed by atoms with Gasteiger partial charge in [-0.3, -0.25) is 4.79 Å². The van der Waals surface area contributed by atoms with Crippen molar-refractivity contribution < 1.29 is 24.2 Å². The smallest absolute Gasteiger partial charge is 0.329 e. The number of ether oxygens (including phenoxy) is 2. The average Bonchev–Trinajstić information content (AvgIpc) is 2.55. The van der Waals surface area contributed by atoms with Gasteiger partial charge in [-0.1, -0.05) is 32.9 Å². The summed E-state index contributed by atoms with van der Waals surface area (Å²) >= 11 is 0. The fourth-order valence-electron chi connectivity index (χ4n) is 2.74. The van der Waals surface area contributed by atoms with Crippen LogP contribution >= 0.6 is 0 Å². The highest BCUT2D eigenvalue weighted by molar-refractivity contribution is 5.89. The molecule has 1 aliphatic rings. The standard InChI is InChI=1S/C19H27NO5/c1-13(25-15-7-5-14(6-8-15)18(2,3)4)16(21)20-19(17(22)23)9-11-24-12-10-19/h5-8,13H,9-12H2,1-4H3,(H,20,21)(H,22,23). The Bertz CT molecular complexity index is 612. The average molecular weight is 349 g/mol. The fourth-order valence-corrected chi connectivity index (χ4v) is 2.74. The quantitative estimate of drug-likeness (QED) is 0.853. The summed E-state index contributed by atoms with van der Waals surface area (Å²) in [5, 5.41) is 12.1. The molecule has 1 aliphatic heterocycles. The first-order valence-electron chi connectivity index (χ1n) is 8.54. The molecule has 1 fully saturated rings. The number of carboxylic acid groups (broad SMARTS) is 1. The normalized spacial score (nSPS) is 18.2. The summed E-state index contributed by atoms with van der Waals surface area (Å²) in [5.74, 6) is -0.901. The monoisotopic (exact) mass is 349 g/mol. The van der Waals surface area contributed by atoms with Crippen LogP contribution in [-0.2, 0) is 19.7 Å². The van der Waals surface area contributed by atoms with Gasteiger partial charge in [0, 0.05) is 26.1 Å². The molecule has 1 unspecified atom stereocenters. The molecule has 0 spiro atoms. The van der Waals surface area contributed by atoms with Crippen molar-refractivity contribution in [2.75, 3.05) is 13.2 Å². The van der Waals surface area contributed by atoms with Crippen LogP contribution in [0, 0.1) is 0 Å². The van der Waals surface area contributed by atoms with Gasteiger partial charge in [-0.2, -0.15) is 0 Å². The largest absolute Gasteiger partial charge is 0.481 e. The lowest BCUT2D eigenvalue weighted by molar-refractivity contribution is -0.153. The van der Waals surface area contributed by atoms with E-state index in [2.05, 4.69) is 26.1 Å². The lowest BCUT2D eigenvalue weighted by Crippen LogP contribution is -2.59. The van der Waals surface area contributed by atoms with Crippen LogP contribution < -0.4 is 10.1 Å². The Morgan fingerprint density at radius 1 is 1.20 bits per heavy atom. The number of amides is 1. The topological polar surface area (TPSA) is 84.9 Å². The minimum absolute atomic E-state index is 0.0401. The molecule has 6 nitrogen and oxygen atoms in total. The Labute approximate surface area is 148 Å². The van der Waals surface area contributed by atoms with Crippen molar-refractivity contribution in [2.24, 2.45) is 0 Å². The summed E-state index contributed by atoms with van der Waals surface area (Å²) in [4.78, 5) is 24.0. The van der Waals surface area contributed by atoms with Crippen LogP contribution in [0.25, 0.3) is 0 Å². The lowest BCUT2D eigenvalue weighted by atomic mass is 9.87. The number of benzene rings is 1. The van der Waals surface area contributed by atoms with Crippen molar-refractivity contribution in [3.05, 3.63) is 29.8 Å². The van der Waals surface area contributed by atoms with Crippen molar-refractivity contribution in [1.82, 2.24) is 5.32 Å². The van der Waals surface area contributed by atoms with Gasteiger partial charge in [0.15, 0.2) is 6.10 Å². The van der Waals surface area contributed by atoms with E-state index in [1.807, 2.05) is 24.3 Å². The number of carbonyl (C=O) groups excluding carboxylic acids is 1. The number of aliphatic carboxylic acids is 1. The van der Waals surface area contributed by atoms with Gasteiger partial charge in [0.2, 0.25) is 0 Å². The third-order valence-corrected chi connectivity index (χ3v) is 4.52. The van der Waals surface area contributed by atoms with E-state index in [1.54, 1.807) is 6.92 Å². The minimum atomic E-state index is -1.27. The maximum absolute atomic E-state index is 12.4. The Kier molecular flexibility index (Phi) is 5.72. The first-order valence-corrected chi connectivity index (χ1v) is 8.54. The first-order chi connectivity index (χ1) is 11.6. The second-order valence-electron chi connectivity index (χ2n) is 7.52. The number of hydrogen-bond acceptors (Lipinski definition) is 4. The Morgan fingerprint density at radius 3 is 2.24 bits per heavy atom. The Morgan fingerprint density at radius 2 is 1.76 bits per heavy atom. The SMILES string of the molecule is CC(Oc1ccc(C(C)(C)C)cc1)C(=O)NC1(C(=O)O)CCOCC1. The molecule has 0 aliphatic carbocycles. The summed E-state index contributed by atoms with van der Waals surface area (Å²) < 4.78 is 10.9. The van der Waals surface area contributed by atoms with Crippen molar-refractivity contribution in [3.8, 4) is 5.75 Å². The molecule has 138 valence electrons. The molecule has 1 amide bonds. The number of carboxylic acids is 1. The molecule has 1 heterocycles. The minimum Gasteiger partial charge on any atom is -0.481 e. The van der Waals surface area contributed by atoms with Gasteiger partial charge in [0.25, 0.3) is 5.91 Å². The molecule has 2 N–H and O–H groups in total. The molecule has 1 saturated heterocycles. The van der Waals surface area contributed by atoms with Crippen molar-refractivity contribution in [2.45, 2.75) is 57.6 Å². The molecule has 2 rings (SSSR count). The zero-order valence-corrected chi connectivity index (χ0v) is 15.3. The molecular weight excluding hydrogens is 322 g/mol. The highest BCUT2D eigenvalue weighted by Crippen LogP contribution is 2.25. The van der Waals surface area contributed by atoms with Gasteiger partial charge in [-0.25, -0.2) is 4.79 Å². The van der Waals surface area contributed by atoms with Crippen LogP contribution in [-0.4, -0.2) is 41.8 Å². The molecule has 1 aromatic carbocycles. The van der Waals surface area contributed by atoms with E-state index in [4.69, 9.17) is 9.47 Å². The van der Waals surface area contributed by atoms with Crippen LogP contribution in [0.15, 0.2) is 24.3 Å². The maximum Gasteiger partial charge on any atom is 0.329 e. The van der Waals surface area contributed by atoms with E-state index in [-0.39, 0.29) is 18.3 Å². The molecule has 25 heavy (non-hydrogen) atoms. The van der Waals surface area contributed by atoms with Gasteiger partial charge >= 0.3 is 5.97 Å². The number of rotatable bonds is 5. The van der Waals surface area contributed by atoms with Crippen LogP contribution in [0.1, 0.15) is 46.1 Å². The number of hydrogen-bond donors (Lipinski definition) is 2. The predicted octanol–water partition coefficient (Wildman–Crippen LogP) is 2.50. The zero-order chi connectivity index (χ0) is 18.7. The van der Waals surface area contributed by atoms with Crippen LogP contribution in [0.2, 0.25) is 0 Å². The molecule has 0 aromatic heterocycles. The van der Waals surface area contributed by atoms with Crippen LogP contribution in [0.5, 0.6) is 5.75 Å². The second kappa shape index (κ2) is 7.44. The van der Waals surface area contributed by atoms with Crippen LogP contribution in [0.3, 0.4) is 0 Å². The summed E-state index contributed by atoms with van der Waals surface area (Å²) in [6, 6.07) is 7.59. The Balaban J connectivity index is 2.01. The van der Waals surface area contributed by atoms with Gasteiger partial charge in [0.1, 0.15) is 11.3 Å². The van der Waals surface area contributed by atoms with E-state index >= 15 is 0 Å². The zero-order valence-electron chi connectivity index (χ0n) is 15.3. The van der Waals surface area contributed by atoms with E-state index in [1.165, 1.54) is 5.56 Å². The molecule has 6 heteroatoms. The van der Waals surface area contributed by atoms with Gasteiger partial charge < -0.3 is 19.9 Å². The van der Waals surface area contributed by atoms with E-state index in [0.717, 1.165) is 0 Å². The fraction of sp³-hybridized carbons (Fsp3) is 0.579. The third-order valence-electron chi connectivity index (χ3n) is 4.52. The lowest BCUT2D eigenvalue weighted by Gasteiger charge is -2.34. The molecule has 0 radical (unpaired) electrons. The van der Waals surface area contributed by atoms with Gasteiger partial charge in [0.05, 0.1) is 0 Å². The second-order valence-corrected chi connectivity index (χ2v) is 7.52. The van der Waals surface area contributed by atoms with Crippen molar-refractivity contribution in [3.63, 3.8) is 0 Å². The molecule has 0 saturated carbocycles. The number of nitrogens with one attached hydrogen (secondary N) is 1. The molecule has 1 aromatic rings. The van der Waals surface area contributed by atoms with Gasteiger partial charge in [-0.15, -0.1) is 0 Å². The highest BCUT2D eigenvalue weighted by atomic mass is 16.5.